The largest absolute Gasteiger partial charge is 0.264 e. The molecule has 0 aliphatic carbocycles. The molecule has 0 saturated carbocycles. The van der Waals surface area contributed by atoms with Gasteiger partial charge in [-0.3, -0.25) is 4.98 Å². The van der Waals surface area contributed by atoms with Crippen molar-refractivity contribution in [2.24, 2.45) is 0 Å². The van der Waals surface area contributed by atoms with E-state index in [-0.39, 0.29) is 0 Å². The van der Waals surface area contributed by atoms with Gasteiger partial charge in [0.1, 0.15) is 0 Å². The van der Waals surface area contributed by atoms with Crippen molar-refractivity contribution >= 4 is 32.3 Å². The predicted molar refractivity (Wildman–Crippen MR) is 170 cm³/mol. The molecule has 8 rings (SSSR count). The van der Waals surface area contributed by atoms with Gasteiger partial charge in [0.05, 0.1) is 11.4 Å². The summed E-state index contributed by atoms with van der Waals surface area (Å²) in [5, 5.41) is 7.56. The highest BCUT2D eigenvalue weighted by molar-refractivity contribution is 6.25. The van der Waals surface area contributed by atoms with Crippen molar-refractivity contribution in [1.82, 2.24) is 15.0 Å². The number of rotatable bonds is 4. The van der Waals surface area contributed by atoms with Crippen LogP contribution in [0.1, 0.15) is 5.56 Å². The lowest BCUT2D eigenvalue weighted by atomic mass is 9.91. The van der Waals surface area contributed by atoms with Crippen LogP contribution in [0.3, 0.4) is 0 Å². The summed E-state index contributed by atoms with van der Waals surface area (Å²) >= 11 is 0. The van der Waals surface area contributed by atoms with Crippen LogP contribution in [-0.4, -0.2) is 15.0 Å². The lowest BCUT2D eigenvalue weighted by Gasteiger charge is -2.15. The van der Waals surface area contributed by atoms with Crippen LogP contribution in [0.25, 0.3) is 77.3 Å². The molecule has 0 fully saturated rings. The Morgan fingerprint density at radius 1 is 0.488 bits per heavy atom. The first-order valence-corrected chi connectivity index (χ1v) is 13.9. The zero-order valence-electron chi connectivity index (χ0n) is 22.5. The van der Waals surface area contributed by atoms with E-state index >= 15 is 0 Å². The van der Waals surface area contributed by atoms with E-state index in [9.17, 15) is 0 Å². The van der Waals surface area contributed by atoms with E-state index in [0.29, 0.717) is 0 Å². The Kier molecular flexibility index (Phi) is 5.36. The molecule has 0 radical (unpaired) electrons. The minimum atomic E-state index is 0.718. The zero-order valence-corrected chi connectivity index (χ0v) is 22.5. The lowest BCUT2D eigenvalue weighted by molar-refractivity contribution is 1.18. The molecule has 192 valence electrons. The Morgan fingerprint density at radius 3 is 1.95 bits per heavy atom. The second kappa shape index (κ2) is 9.35. The fraction of sp³-hybridized carbons (Fsp3) is 0.0263. The van der Waals surface area contributed by atoms with Crippen LogP contribution in [0.5, 0.6) is 0 Å². The van der Waals surface area contributed by atoms with E-state index in [1.165, 1.54) is 37.9 Å². The molecule has 2 heterocycles. The Morgan fingerprint density at radius 2 is 1.17 bits per heavy atom. The van der Waals surface area contributed by atoms with Crippen molar-refractivity contribution in [3.63, 3.8) is 0 Å². The third kappa shape index (κ3) is 3.94. The molecule has 0 saturated heterocycles. The van der Waals surface area contributed by atoms with E-state index in [1.54, 1.807) is 0 Å². The van der Waals surface area contributed by atoms with E-state index in [2.05, 4.69) is 109 Å². The molecule has 0 bridgehead atoms. The van der Waals surface area contributed by atoms with Gasteiger partial charge in [0, 0.05) is 34.6 Å². The Labute approximate surface area is 238 Å². The minimum absolute atomic E-state index is 0.718. The number of aryl methyl sites for hydroxylation is 1. The molecular weight excluding hydrogens is 498 g/mol. The monoisotopic (exact) mass is 523 g/mol. The molecule has 0 unspecified atom stereocenters. The first-order chi connectivity index (χ1) is 20.2. The second-order valence-electron chi connectivity index (χ2n) is 10.6. The number of hydrogen-bond donors (Lipinski definition) is 0. The molecule has 6 aromatic carbocycles. The van der Waals surface area contributed by atoms with Crippen molar-refractivity contribution < 1.29 is 0 Å². The number of hydrogen-bond acceptors (Lipinski definition) is 3. The minimum Gasteiger partial charge on any atom is -0.264 e. The molecule has 0 amide bonds. The quantitative estimate of drug-likeness (QED) is 0.216. The number of pyridine rings is 1. The summed E-state index contributed by atoms with van der Waals surface area (Å²) in [4.78, 5) is 14.5. The number of aromatic nitrogens is 3. The average molecular weight is 524 g/mol. The fourth-order valence-corrected chi connectivity index (χ4v) is 5.99. The van der Waals surface area contributed by atoms with E-state index < -0.39 is 0 Å². The normalized spacial score (nSPS) is 11.5. The summed E-state index contributed by atoms with van der Waals surface area (Å²) in [6.07, 6.45) is 3.76. The van der Waals surface area contributed by atoms with Crippen molar-refractivity contribution in [3.05, 3.63) is 139 Å². The van der Waals surface area contributed by atoms with Crippen LogP contribution >= 0.6 is 0 Å². The van der Waals surface area contributed by atoms with Gasteiger partial charge in [-0.15, -0.1) is 0 Å². The predicted octanol–water partition coefficient (Wildman–Crippen LogP) is 9.75. The van der Waals surface area contributed by atoms with Gasteiger partial charge in [-0.25, -0.2) is 9.97 Å². The SMILES string of the molecule is Cc1ccncc1-c1ccc(-c2cc(-c3ccc4ccc5cccc6ccc3c4c56)nc(-c3ccccc3)n2)cc1. The van der Waals surface area contributed by atoms with Gasteiger partial charge in [0.15, 0.2) is 5.82 Å². The molecule has 8 aromatic rings. The average Bonchev–Trinajstić information content (AvgIpc) is 3.04. The molecule has 0 atom stereocenters. The molecule has 3 nitrogen and oxygen atoms in total. The van der Waals surface area contributed by atoms with Crippen molar-refractivity contribution in [2.45, 2.75) is 6.92 Å². The van der Waals surface area contributed by atoms with E-state index in [4.69, 9.17) is 9.97 Å². The maximum Gasteiger partial charge on any atom is 0.160 e. The van der Waals surface area contributed by atoms with Gasteiger partial charge in [0.25, 0.3) is 0 Å². The van der Waals surface area contributed by atoms with Crippen LogP contribution in [0.4, 0.5) is 0 Å². The van der Waals surface area contributed by atoms with Gasteiger partial charge in [-0.05, 0) is 62.5 Å². The maximum absolute atomic E-state index is 5.14. The van der Waals surface area contributed by atoms with Crippen LogP contribution in [0, 0.1) is 6.92 Å². The van der Waals surface area contributed by atoms with Crippen molar-refractivity contribution in [2.75, 3.05) is 0 Å². The molecule has 0 spiro atoms. The molecule has 0 aliphatic heterocycles. The van der Waals surface area contributed by atoms with Crippen LogP contribution in [0.2, 0.25) is 0 Å². The van der Waals surface area contributed by atoms with Gasteiger partial charge < -0.3 is 0 Å². The summed E-state index contributed by atoms with van der Waals surface area (Å²) in [6, 6.07) is 42.9. The van der Waals surface area contributed by atoms with Crippen LogP contribution in [0.15, 0.2) is 134 Å². The van der Waals surface area contributed by atoms with Gasteiger partial charge >= 0.3 is 0 Å². The third-order valence-electron chi connectivity index (χ3n) is 8.09. The third-order valence-corrected chi connectivity index (χ3v) is 8.09. The highest BCUT2D eigenvalue weighted by Crippen LogP contribution is 2.40. The fourth-order valence-electron chi connectivity index (χ4n) is 5.99. The first kappa shape index (κ1) is 23.5. The molecule has 41 heavy (non-hydrogen) atoms. The smallest absolute Gasteiger partial charge is 0.160 e. The summed E-state index contributed by atoms with van der Waals surface area (Å²) in [6.45, 7) is 2.12. The van der Waals surface area contributed by atoms with Crippen LogP contribution < -0.4 is 0 Å². The van der Waals surface area contributed by atoms with E-state index in [0.717, 1.165) is 45.0 Å². The molecular formula is C38H25N3. The van der Waals surface area contributed by atoms with Gasteiger partial charge in [0.2, 0.25) is 0 Å². The molecule has 3 heteroatoms. The highest BCUT2D eigenvalue weighted by Gasteiger charge is 2.16. The summed E-state index contributed by atoms with van der Waals surface area (Å²) in [5.41, 5.74) is 8.46. The lowest BCUT2D eigenvalue weighted by Crippen LogP contribution is -1.97. The highest BCUT2D eigenvalue weighted by atomic mass is 14.9. The molecule has 2 aromatic heterocycles. The van der Waals surface area contributed by atoms with Crippen molar-refractivity contribution in [3.8, 4) is 45.0 Å². The summed E-state index contributed by atoms with van der Waals surface area (Å²) < 4.78 is 0. The van der Waals surface area contributed by atoms with Gasteiger partial charge in [-0.1, -0.05) is 109 Å². The van der Waals surface area contributed by atoms with Gasteiger partial charge in [-0.2, -0.15) is 0 Å². The Hall–Kier alpha value is -5.41. The number of benzene rings is 6. The zero-order chi connectivity index (χ0) is 27.3. The van der Waals surface area contributed by atoms with Crippen molar-refractivity contribution in [1.29, 1.82) is 0 Å². The van der Waals surface area contributed by atoms with Crippen LogP contribution in [-0.2, 0) is 0 Å². The first-order valence-electron chi connectivity index (χ1n) is 13.9. The summed E-state index contributed by atoms with van der Waals surface area (Å²) in [5.74, 6) is 0.718. The van der Waals surface area contributed by atoms with E-state index in [1.807, 2.05) is 36.7 Å². The topological polar surface area (TPSA) is 38.7 Å². The number of nitrogens with zero attached hydrogens (tertiary/aromatic N) is 3. The summed E-state index contributed by atoms with van der Waals surface area (Å²) in [7, 11) is 0. The Balaban J connectivity index is 1.34. The standard InChI is InChI=1S/C38H25N3/c1-24-20-21-39-23-33(24)25-10-12-26(13-11-25)34-22-35(41-38(40-34)30-6-3-2-4-7-30)31-18-16-29-15-14-27-8-5-9-28-17-19-32(31)37(29)36(27)28/h2-23H,1H3. The second-order valence-corrected chi connectivity index (χ2v) is 10.6. The maximum atomic E-state index is 5.14. The Bertz CT molecular complexity index is 2180. The molecule has 0 N–H and O–H groups in total. The molecule has 0 aliphatic rings.